The molecule has 0 aliphatic rings. The summed E-state index contributed by atoms with van der Waals surface area (Å²) in [5, 5.41) is 0. The fourth-order valence-electron chi connectivity index (χ4n) is 13.2. The van der Waals surface area contributed by atoms with Crippen LogP contribution in [-0.2, 0) is 4.57 Å². The molecule has 0 aromatic heterocycles. The first-order valence-electron chi connectivity index (χ1n) is 31.2. The van der Waals surface area contributed by atoms with Gasteiger partial charge >= 0.3 is 7.82 Å². The van der Waals surface area contributed by atoms with Gasteiger partial charge in [0.15, 0.2) is 0 Å². The summed E-state index contributed by atoms with van der Waals surface area (Å²) < 4.78 is 40.5. The Balaban J connectivity index is 1.15. The fourth-order valence-corrected chi connectivity index (χ4v) is 14.5. The molecule has 0 bridgehead atoms. The van der Waals surface area contributed by atoms with Crippen molar-refractivity contribution in [3.8, 4) is 50.6 Å². The standard InChI is InChI=1S/C84H75O4P/c1-58(64-34-16-7-17-35-64)73-52-55-76(79(61(4)67-40-22-10-23-41-67)82(73)70-46-28-13-29-47-70)86-89(85,87-77-56-53-74(59(2)65-36-18-8-19-37-65)83(71-48-30-14-31-49-71)80(77)62(5)68-42-24-11-25-43-68)88-78-57-54-75(60(3)66-38-20-9-21-39-66)84(72-50-32-15-33-51-72)81(78)63(6)69-44-26-12-27-45-69/h7-63H,1-6H3. The van der Waals surface area contributed by atoms with Crippen molar-refractivity contribution in [3.05, 3.63) is 376 Å². The molecule has 0 radical (unpaired) electrons. The summed E-state index contributed by atoms with van der Waals surface area (Å²) in [7, 11) is -4.98. The lowest BCUT2D eigenvalue weighted by molar-refractivity contribution is 0.295. The van der Waals surface area contributed by atoms with Gasteiger partial charge in [-0.1, -0.05) is 333 Å². The molecule has 6 atom stereocenters. The van der Waals surface area contributed by atoms with Gasteiger partial charge in [-0.2, -0.15) is 4.57 Å². The van der Waals surface area contributed by atoms with Gasteiger partial charge in [-0.25, -0.2) is 0 Å². The van der Waals surface area contributed by atoms with E-state index in [2.05, 4.69) is 296 Å². The van der Waals surface area contributed by atoms with Gasteiger partial charge in [0.25, 0.3) is 0 Å². The summed E-state index contributed by atoms with van der Waals surface area (Å²) in [5.74, 6) is 0.242. The summed E-state index contributed by atoms with van der Waals surface area (Å²) in [6.07, 6.45) is 0. The largest absolute Gasteiger partial charge is 0.647 e. The summed E-state index contributed by atoms with van der Waals surface area (Å²) >= 11 is 0. The monoisotopic (exact) mass is 1180 g/mol. The summed E-state index contributed by atoms with van der Waals surface area (Å²) in [5.41, 5.74) is 18.6. The van der Waals surface area contributed by atoms with Gasteiger partial charge in [-0.3, -0.25) is 0 Å². The quantitative estimate of drug-likeness (QED) is 0.0673. The molecule has 0 spiro atoms. The summed E-state index contributed by atoms with van der Waals surface area (Å²) in [6.45, 7) is 13.4. The van der Waals surface area contributed by atoms with Crippen LogP contribution in [0.3, 0.4) is 0 Å². The highest BCUT2D eigenvalue weighted by molar-refractivity contribution is 7.49. The van der Waals surface area contributed by atoms with Crippen LogP contribution in [0, 0.1) is 0 Å². The molecule has 440 valence electrons. The van der Waals surface area contributed by atoms with Gasteiger partial charge < -0.3 is 13.6 Å². The molecule has 5 heteroatoms. The average Bonchev–Trinajstić information content (AvgIpc) is 1.26. The van der Waals surface area contributed by atoms with Crippen LogP contribution in [-0.4, -0.2) is 0 Å². The van der Waals surface area contributed by atoms with Crippen LogP contribution < -0.4 is 13.6 Å². The van der Waals surface area contributed by atoms with Crippen molar-refractivity contribution in [2.75, 3.05) is 0 Å². The Bertz CT molecular complexity index is 3870. The molecule has 4 nitrogen and oxygen atoms in total. The zero-order chi connectivity index (χ0) is 61.3. The van der Waals surface area contributed by atoms with Crippen LogP contribution in [0.1, 0.15) is 144 Å². The highest BCUT2D eigenvalue weighted by Gasteiger charge is 2.40. The lowest BCUT2D eigenvalue weighted by Crippen LogP contribution is -2.15. The summed E-state index contributed by atoms with van der Waals surface area (Å²) in [6, 6.07) is 107. The zero-order valence-electron chi connectivity index (χ0n) is 51.5. The zero-order valence-corrected chi connectivity index (χ0v) is 52.4. The van der Waals surface area contributed by atoms with Crippen molar-refractivity contribution in [1.29, 1.82) is 0 Å². The maximum atomic E-state index is 17.9. The van der Waals surface area contributed by atoms with Crippen LogP contribution in [0.5, 0.6) is 17.2 Å². The number of phosphoric acid groups is 1. The third-order valence-electron chi connectivity index (χ3n) is 18.0. The molecule has 12 aromatic carbocycles. The number of phosphoric ester groups is 1. The minimum atomic E-state index is -4.98. The molecule has 0 saturated heterocycles. The molecule has 6 unspecified atom stereocenters. The van der Waals surface area contributed by atoms with Gasteiger partial charge in [-0.15, -0.1) is 0 Å². The third kappa shape index (κ3) is 12.8. The molecule has 0 saturated carbocycles. The van der Waals surface area contributed by atoms with E-state index in [1.54, 1.807) is 0 Å². The second-order valence-corrected chi connectivity index (χ2v) is 24.9. The summed E-state index contributed by atoms with van der Waals surface area (Å²) in [4.78, 5) is 0. The third-order valence-corrected chi connectivity index (χ3v) is 19.3. The first-order chi connectivity index (χ1) is 43.5. The molecule has 0 amide bonds. The molecule has 0 N–H and O–H groups in total. The maximum Gasteiger partial charge on any atom is 0.647 e. The Morgan fingerprint density at radius 1 is 0.225 bits per heavy atom. The van der Waals surface area contributed by atoms with Crippen molar-refractivity contribution < 1.29 is 18.1 Å². The average molecular weight is 1180 g/mol. The van der Waals surface area contributed by atoms with Crippen LogP contribution in [0.25, 0.3) is 33.4 Å². The second kappa shape index (κ2) is 27.1. The van der Waals surface area contributed by atoms with E-state index in [-0.39, 0.29) is 35.5 Å². The van der Waals surface area contributed by atoms with E-state index < -0.39 is 7.82 Å². The number of hydrogen-bond donors (Lipinski definition) is 0. The predicted molar refractivity (Wildman–Crippen MR) is 369 cm³/mol. The minimum absolute atomic E-state index is 0.0352. The van der Waals surface area contributed by atoms with Crippen molar-refractivity contribution in [2.45, 2.75) is 77.0 Å². The van der Waals surface area contributed by atoms with Gasteiger partial charge in [0.05, 0.1) is 0 Å². The van der Waals surface area contributed by atoms with E-state index in [1.165, 1.54) is 16.7 Å². The second-order valence-electron chi connectivity index (χ2n) is 23.4. The lowest BCUT2D eigenvalue weighted by Gasteiger charge is -2.31. The van der Waals surface area contributed by atoms with Crippen molar-refractivity contribution in [3.63, 3.8) is 0 Å². The SMILES string of the molecule is CC(c1ccccc1)c1ccc(OP(=O)(Oc2ccc(C(C)c3ccccc3)c(-c3ccccc3)c2C(C)c2ccccc2)Oc2ccc(C(C)c3ccccc3)c(-c3ccccc3)c2C(C)c2ccccc2)c(C(C)c2ccccc2)c1-c1ccccc1. The first kappa shape index (κ1) is 59.6. The van der Waals surface area contributed by atoms with Crippen LogP contribution in [0.2, 0.25) is 0 Å². The topological polar surface area (TPSA) is 44.8 Å². The fraction of sp³-hybridized carbons (Fsp3) is 0.143. The van der Waals surface area contributed by atoms with Gasteiger partial charge in [-0.05, 0) is 102 Å². The van der Waals surface area contributed by atoms with Gasteiger partial charge in [0.2, 0.25) is 0 Å². The van der Waals surface area contributed by atoms with E-state index in [4.69, 9.17) is 13.6 Å². The molecular weight excluding hydrogens is 1100 g/mol. The van der Waals surface area contributed by atoms with Crippen molar-refractivity contribution in [2.24, 2.45) is 0 Å². The van der Waals surface area contributed by atoms with Crippen LogP contribution >= 0.6 is 7.82 Å². The minimum Gasteiger partial charge on any atom is -0.386 e. The van der Waals surface area contributed by atoms with Crippen molar-refractivity contribution >= 4 is 7.82 Å². The highest BCUT2D eigenvalue weighted by atomic mass is 31.2. The van der Waals surface area contributed by atoms with Crippen LogP contribution in [0.4, 0.5) is 0 Å². The normalized spacial score (nSPS) is 14.0. The van der Waals surface area contributed by atoms with Gasteiger partial charge in [0.1, 0.15) is 17.2 Å². The van der Waals surface area contributed by atoms with E-state index >= 15 is 4.57 Å². The lowest BCUT2D eigenvalue weighted by atomic mass is 9.79. The Kier molecular flexibility index (Phi) is 18.2. The number of hydrogen-bond acceptors (Lipinski definition) is 4. The van der Waals surface area contributed by atoms with Crippen LogP contribution in [0.15, 0.2) is 309 Å². The molecule has 12 aromatic rings. The molecule has 0 heterocycles. The van der Waals surface area contributed by atoms with E-state index in [9.17, 15) is 0 Å². The maximum absolute atomic E-state index is 17.9. The molecule has 12 rings (SSSR count). The molecule has 0 fully saturated rings. The molecule has 0 aliphatic carbocycles. The Hall–Kier alpha value is -9.73. The van der Waals surface area contributed by atoms with Crippen molar-refractivity contribution in [1.82, 2.24) is 0 Å². The Morgan fingerprint density at radius 3 is 0.607 bits per heavy atom. The molecule has 89 heavy (non-hydrogen) atoms. The number of benzene rings is 12. The number of rotatable bonds is 21. The smallest absolute Gasteiger partial charge is 0.386 e. The molecular formula is C84H75O4P. The predicted octanol–water partition coefficient (Wildman–Crippen LogP) is 23.2. The first-order valence-corrected chi connectivity index (χ1v) is 32.7. The van der Waals surface area contributed by atoms with Gasteiger partial charge in [0, 0.05) is 52.2 Å². The Labute approximate surface area is 526 Å². The Morgan fingerprint density at radius 2 is 0.404 bits per heavy atom. The van der Waals surface area contributed by atoms with E-state index in [0.29, 0.717) is 17.2 Å². The van der Waals surface area contributed by atoms with E-state index in [0.717, 1.165) is 83.5 Å². The molecule has 0 aliphatic heterocycles. The van der Waals surface area contributed by atoms with E-state index in [1.807, 2.05) is 54.6 Å². The highest BCUT2D eigenvalue weighted by Crippen LogP contribution is 2.59.